The van der Waals surface area contributed by atoms with Crippen molar-refractivity contribution in [2.75, 3.05) is 0 Å². The van der Waals surface area contributed by atoms with E-state index in [-0.39, 0.29) is 12.4 Å². The van der Waals surface area contributed by atoms with Crippen LogP contribution in [0.4, 0.5) is 26.3 Å². The summed E-state index contributed by atoms with van der Waals surface area (Å²) in [7, 11) is 0. The monoisotopic (exact) mass is 448 g/mol. The van der Waals surface area contributed by atoms with E-state index in [0.717, 1.165) is 17.2 Å². The van der Waals surface area contributed by atoms with Crippen molar-refractivity contribution in [3.63, 3.8) is 0 Å². The van der Waals surface area contributed by atoms with Crippen LogP contribution in [-0.4, -0.2) is 32.4 Å². The van der Waals surface area contributed by atoms with Gasteiger partial charge in [0.2, 0.25) is 5.88 Å². The molecule has 2 heterocycles. The number of aromatic amines is 1. The number of ether oxygens (including phenoxy) is 1. The summed E-state index contributed by atoms with van der Waals surface area (Å²) in [6, 6.07) is 9.19. The van der Waals surface area contributed by atoms with Gasteiger partial charge in [-0.1, -0.05) is 12.1 Å². The highest BCUT2D eigenvalue weighted by Gasteiger charge is 2.38. The highest BCUT2D eigenvalue weighted by Crippen LogP contribution is 2.32. The van der Waals surface area contributed by atoms with Gasteiger partial charge in [-0.15, -0.1) is 0 Å². The number of nitrogens with two attached hydrogens (primary N) is 1. The maximum absolute atomic E-state index is 12.9. The molecule has 4 N–H and O–H groups in total. The molecule has 0 atom stereocenters. The van der Waals surface area contributed by atoms with E-state index < -0.39 is 24.0 Å². The summed E-state index contributed by atoms with van der Waals surface area (Å²) in [6.45, 7) is -0.0446. The summed E-state index contributed by atoms with van der Waals surface area (Å²) in [5.41, 5.74) is 6.35. The molecule has 0 saturated heterocycles. The van der Waals surface area contributed by atoms with Crippen LogP contribution in [0.15, 0.2) is 48.8 Å². The fourth-order valence-electron chi connectivity index (χ4n) is 2.14. The summed E-state index contributed by atoms with van der Waals surface area (Å²) >= 11 is 0. The number of nitrogens with zero attached hydrogens (tertiary/aromatic N) is 2. The van der Waals surface area contributed by atoms with E-state index in [1.807, 2.05) is 6.07 Å². The van der Waals surface area contributed by atoms with E-state index in [1.54, 1.807) is 30.6 Å². The number of H-pyrrole nitrogens is 1. The highest BCUT2D eigenvalue weighted by molar-refractivity contribution is 5.73. The van der Waals surface area contributed by atoms with Gasteiger partial charge in [-0.3, -0.25) is 5.10 Å². The zero-order valence-electron chi connectivity index (χ0n) is 15.3. The third kappa shape index (κ3) is 6.99. The number of aliphatic carboxylic acids is 1. The predicted molar refractivity (Wildman–Crippen MR) is 94.9 cm³/mol. The van der Waals surface area contributed by atoms with Crippen molar-refractivity contribution in [2.24, 2.45) is 5.73 Å². The molecule has 0 saturated carbocycles. The number of aromatic nitrogens is 3. The molecule has 0 fully saturated rings. The zero-order valence-corrected chi connectivity index (χ0v) is 15.3. The number of benzene rings is 1. The highest BCUT2D eigenvalue weighted by atomic mass is 19.4. The molecule has 0 amide bonds. The van der Waals surface area contributed by atoms with Crippen molar-refractivity contribution in [1.82, 2.24) is 15.2 Å². The average Bonchev–Trinajstić information content (AvgIpc) is 3.22. The molecule has 0 spiro atoms. The number of hydrogen-bond acceptors (Lipinski definition) is 5. The van der Waals surface area contributed by atoms with Crippen LogP contribution in [0.2, 0.25) is 0 Å². The minimum atomic E-state index is -5.08. The van der Waals surface area contributed by atoms with Gasteiger partial charge < -0.3 is 15.6 Å². The summed E-state index contributed by atoms with van der Waals surface area (Å²) in [5, 5.41) is 13.7. The molecule has 31 heavy (non-hydrogen) atoms. The number of carboxylic acids is 1. The van der Waals surface area contributed by atoms with E-state index in [9.17, 15) is 26.3 Å². The van der Waals surface area contributed by atoms with Gasteiger partial charge in [-0.2, -0.15) is 31.4 Å². The van der Waals surface area contributed by atoms with Gasteiger partial charge in [0, 0.05) is 24.4 Å². The second-order valence-electron chi connectivity index (χ2n) is 5.82. The fourth-order valence-corrected chi connectivity index (χ4v) is 2.14. The van der Waals surface area contributed by atoms with Gasteiger partial charge in [0.1, 0.15) is 11.4 Å². The van der Waals surface area contributed by atoms with Crippen LogP contribution in [0.3, 0.4) is 0 Å². The molecule has 1 aromatic carbocycles. The number of alkyl halides is 6. The minimum absolute atomic E-state index is 0.0446. The Bertz CT molecular complexity index is 1020. The molecule has 0 aliphatic rings. The second kappa shape index (κ2) is 9.47. The van der Waals surface area contributed by atoms with Crippen molar-refractivity contribution >= 4 is 5.97 Å². The Morgan fingerprint density at radius 3 is 2.29 bits per heavy atom. The number of hydrogen-bond donors (Lipinski definition) is 3. The van der Waals surface area contributed by atoms with Crippen molar-refractivity contribution in [2.45, 2.75) is 18.9 Å². The standard InChI is InChI=1S/C16H13F3N4O.C2HF3O2/c17-16(18,19)14-4-10(7-20)5-15(23-14)24-13-3-1-2-11(6-13)12-8-21-22-9-12;3-2(4,5)1(6)7/h1-6,8-9H,7,20H2,(H,21,22);(H,6,7). The first-order chi connectivity index (χ1) is 14.4. The van der Waals surface area contributed by atoms with E-state index >= 15 is 0 Å². The summed E-state index contributed by atoms with van der Waals surface area (Å²) in [5.74, 6) is -2.55. The first-order valence-electron chi connectivity index (χ1n) is 8.25. The lowest BCUT2D eigenvalue weighted by Gasteiger charge is -2.11. The van der Waals surface area contributed by atoms with E-state index in [0.29, 0.717) is 11.3 Å². The first-order valence-corrected chi connectivity index (χ1v) is 8.25. The molecule has 7 nitrogen and oxygen atoms in total. The molecular formula is C18H14F6N4O3. The van der Waals surface area contributed by atoms with Crippen LogP contribution in [0.25, 0.3) is 11.1 Å². The SMILES string of the molecule is NCc1cc(Oc2cccc(-c3cn[nH]c3)c2)nc(C(F)(F)F)c1.O=C(O)C(F)(F)F. The van der Waals surface area contributed by atoms with Crippen molar-refractivity contribution in [3.05, 3.63) is 60.0 Å². The van der Waals surface area contributed by atoms with Crippen LogP contribution < -0.4 is 10.5 Å². The molecular weight excluding hydrogens is 434 g/mol. The quantitative estimate of drug-likeness (QED) is 0.511. The van der Waals surface area contributed by atoms with Crippen molar-refractivity contribution < 1.29 is 41.0 Å². The maximum Gasteiger partial charge on any atom is 0.490 e. The summed E-state index contributed by atoms with van der Waals surface area (Å²) in [4.78, 5) is 12.4. The summed E-state index contributed by atoms with van der Waals surface area (Å²) in [6.07, 6.45) is -6.32. The smallest absolute Gasteiger partial charge is 0.475 e. The second-order valence-corrected chi connectivity index (χ2v) is 5.82. The van der Waals surface area contributed by atoms with Gasteiger partial charge in [-0.05, 0) is 29.3 Å². The number of nitrogens with one attached hydrogen (secondary N) is 1. The number of halogens is 6. The fraction of sp³-hybridized carbons (Fsp3) is 0.167. The third-order valence-corrected chi connectivity index (χ3v) is 3.52. The lowest BCUT2D eigenvalue weighted by Crippen LogP contribution is -2.21. The van der Waals surface area contributed by atoms with Crippen molar-refractivity contribution in [3.8, 4) is 22.8 Å². The Balaban J connectivity index is 0.000000423. The van der Waals surface area contributed by atoms with Crippen LogP contribution in [-0.2, 0) is 17.5 Å². The number of rotatable bonds is 4. The third-order valence-electron chi connectivity index (χ3n) is 3.52. The Labute approximate surface area is 170 Å². The van der Waals surface area contributed by atoms with Gasteiger partial charge in [0.15, 0.2) is 0 Å². The van der Waals surface area contributed by atoms with Crippen LogP contribution in [0, 0.1) is 0 Å². The van der Waals surface area contributed by atoms with E-state index in [2.05, 4.69) is 15.2 Å². The van der Waals surface area contributed by atoms with E-state index in [1.165, 1.54) is 6.07 Å². The Hall–Kier alpha value is -3.61. The van der Waals surface area contributed by atoms with Gasteiger partial charge in [0.05, 0.1) is 6.20 Å². The topological polar surface area (TPSA) is 114 Å². The molecule has 0 radical (unpaired) electrons. The van der Waals surface area contributed by atoms with Crippen LogP contribution >= 0.6 is 0 Å². The molecule has 0 unspecified atom stereocenters. The van der Waals surface area contributed by atoms with Gasteiger partial charge in [-0.25, -0.2) is 9.78 Å². The van der Waals surface area contributed by atoms with E-state index in [4.69, 9.17) is 20.4 Å². The Kier molecular flexibility index (Phi) is 7.23. The molecule has 3 aromatic rings. The molecule has 166 valence electrons. The molecule has 0 aliphatic carbocycles. The molecule has 13 heteroatoms. The van der Waals surface area contributed by atoms with Crippen LogP contribution in [0.1, 0.15) is 11.3 Å². The van der Waals surface area contributed by atoms with Crippen LogP contribution in [0.5, 0.6) is 11.6 Å². The zero-order chi connectivity index (χ0) is 23.2. The lowest BCUT2D eigenvalue weighted by atomic mass is 10.1. The Morgan fingerprint density at radius 1 is 1.10 bits per heavy atom. The predicted octanol–water partition coefficient (Wildman–Crippen LogP) is 4.37. The average molecular weight is 448 g/mol. The molecule has 2 aromatic heterocycles. The minimum Gasteiger partial charge on any atom is -0.475 e. The number of pyridine rings is 1. The molecule has 0 aliphatic heterocycles. The lowest BCUT2D eigenvalue weighted by molar-refractivity contribution is -0.192. The number of carbonyl (C=O) groups is 1. The largest absolute Gasteiger partial charge is 0.490 e. The molecule has 0 bridgehead atoms. The normalized spacial score (nSPS) is 11.5. The number of carboxylic acid groups (broad SMARTS) is 1. The first kappa shape index (κ1) is 23.7. The Morgan fingerprint density at radius 2 is 1.77 bits per heavy atom. The van der Waals surface area contributed by atoms with Gasteiger partial charge in [0.25, 0.3) is 0 Å². The molecule has 3 rings (SSSR count). The van der Waals surface area contributed by atoms with Gasteiger partial charge >= 0.3 is 18.3 Å². The summed E-state index contributed by atoms with van der Waals surface area (Å²) < 4.78 is 75.9. The van der Waals surface area contributed by atoms with Crippen molar-refractivity contribution in [1.29, 1.82) is 0 Å². The maximum atomic E-state index is 12.9.